The molecule has 9 nitrogen and oxygen atoms in total. The Labute approximate surface area is 179 Å². The van der Waals surface area contributed by atoms with Crippen molar-refractivity contribution in [2.45, 2.75) is 23.6 Å². The molecule has 0 saturated carbocycles. The first kappa shape index (κ1) is 19.7. The smallest absolute Gasteiger partial charge is 0.274 e. The molecule has 1 saturated heterocycles. The standard InChI is InChI=1S/C21H21N5O4S/c1-24-11-9-16(23-24)21(27)25-13-17-18(14-25)30-20-19(8-5-10-22-20)31(28,29)26(17)12-15-6-3-2-4-7-15/h2-11,17-18H,12-14H2,1H3/t17-,18-/m1/s1. The highest BCUT2D eigenvalue weighted by molar-refractivity contribution is 7.89. The first-order valence-corrected chi connectivity index (χ1v) is 11.3. The minimum atomic E-state index is -3.89. The number of likely N-dealkylation sites (tertiary alicyclic amines) is 1. The average molecular weight is 439 g/mol. The quantitative estimate of drug-likeness (QED) is 0.610. The third kappa shape index (κ3) is 3.47. The Morgan fingerprint density at radius 3 is 2.68 bits per heavy atom. The number of sulfonamides is 1. The zero-order valence-corrected chi connectivity index (χ0v) is 17.6. The lowest BCUT2D eigenvalue weighted by Crippen LogP contribution is -2.46. The maximum atomic E-state index is 13.6. The van der Waals surface area contributed by atoms with Crippen molar-refractivity contribution >= 4 is 15.9 Å². The molecule has 10 heteroatoms. The van der Waals surface area contributed by atoms with Crippen LogP contribution in [-0.2, 0) is 23.6 Å². The van der Waals surface area contributed by atoms with E-state index in [2.05, 4.69) is 10.1 Å². The molecular formula is C21H21N5O4S. The first-order valence-electron chi connectivity index (χ1n) is 9.90. The Hall–Kier alpha value is -3.24. The molecule has 2 aliphatic rings. The van der Waals surface area contributed by atoms with Crippen LogP contribution in [0, 0.1) is 0 Å². The number of fused-ring (bicyclic) bond motifs is 2. The van der Waals surface area contributed by atoms with Crippen LogP contribution in [0.2, 0.25) is 0 Å². The topological polar surface area (TPSA) is 97.6 Å². The van der Waals surface area contributed by atoms with Crippen molar-refractivity contribution in [1.82, 2.24) is 24.0 Å². The highest BCUT2D eigenvalue weighted by Crippen LogP contribution is 2.36. The van der Waals surface area contributed by atoms with Gasteiger partial charge in [0.25, 0.3) is 5.91 Å². The normalized spacial score (nSPS) is 22.3. The van der Waals surface area contributed by atoms with Crippen LogP contribution in [0.15, 0.2) is 65.8 Å². The molecule has 31 heavy (non-hydrogen) atoms. The van der Waals surface area contributed by atoms with Crippen molar-refractivity contribution in [2.24, 2.45) is 7.05 Å². The van der Waals surface area contributed by atoms with Gasteiger partial charge in [0.2, 0.25) is 15.9 Å². The lowest BCUT2D eigenvalue weighted by Gasteiger charge is -2.28. The van der Waals surface area contributed by atoms with Crippen molar-refractivity contribution in [3.8, 4) is 5.88 Å². The minimum Gasteiger partial charge on any atom is -0.470 e. The molecule has 0 N–H and O–H groups in total. The molecule has 1 aromatic carbocycles. The SMILES string of the molecule is Cn1ccc(C(=O)N2C[C@@H]3[C@@H](C2)Oc2ncccc2S(=O)(=O)N3Cc2ccccc2)n1. The summed E-state index contributed by atoms with van der Waals surface area (Å²) in [5, 5.41) is 4.18. The predicted octanol–water partition coefficient (Wildman–Crippen LogP) is 1.29. The highest BCUT2D eigenvalue weighted by Gasteiger charge is 2.48. The van der Waals surface area contributed by atoms with Gasteiger partial charge in [-0.3, -0.25) is 9.48 Å². The number of amides is 1. The maximum absolute atomic E-state index is 13.6. The number of benzene rings is 1. The van der Waals surface area contributed by atoms with Gasteiger partial charge in [0.05, 0.1) is 12.6 Å². The van der Waals surface area contributed by atoms with E-state index >= 15 is 0 Å². The second kappa shape index (κ2) is 7.47. The van der Waals surface area contributed by atoms with Gasteiger partial charge in [-0.15, -0.1) is 0 Å². The molecule has 2 aliphatic heterocycles. The number of hydrogen-bond acceptors (Lipinski definition) is 6. The fraction of sp³-hybridized carbons (Fsp3) is 0.286. The summed E-state index contributed by atoms with van der Waals surface area (Å²) in [6, 6.07) is 13.6. The van der Waals surface area contributed by atoms with E-state index in [1.54, 1.807) is 35.0 Å². The second-order valence-electron chi connectivity index (χ2n) is 7.65. The van der Waals surface area contributed by atoms with E-state index in [0.29, 0.717) is 5.69 Å². The Bertz CT molecular complexity index is 1230. The Morgan fingerprint density at radius 1 is 1.13 bits per heavy atom. The molecule has 0 unspecified atom stereocenters. The van der Waals surface area contributed by atoms with Crippen LogP contribution in [0.3, 0.4) is 0 Å². The third-order valence-corrected chi connectivity index (χ3v) is 7.48. The largest absolute Gasteiger partial charge is 0.470 e. The molecule has 160 valence electrons. The Morgan fingerprint density at radius 2 is 1.94 bits per heavy atom. The summed E-state index contributed by atoms with van der Waals surface area (Å²) in [6.45, 7) is 0.630. The monoisotopic (exact) mass is 439 g/mol. The van der Waals surface area contributed by atoms with Gasteiger partial charge in [-0.2, -0.15) is 9.40 Å². The summed E-state index contributed by atoms with van der Waals surface area (Å²) < 4.78 is 36.3. The van der Waals surface area contributed by atoms with Crippen LogP contribution in [0.25, 0.3) is 0 Å². The molecule has 0 aliphatic carbocycles. The van der Waals surface area contributed by atoms with Gasteiger partial charge in [0.1, 0.15) is 16.7 Å². The number of carbonyl (C=O) groups excluding carboxylic acids is 1. The van der Waals surface area contributed by atoms with Crippen LogP contribution < -0.4 is 4.74 Å². The number of aryl methyl sites for hydroxylation is 1. The molecule has 1 fully saturated rings. The fourth-order valence-corrected chi connectivity index (χ4v) is 5.78. The number of aromatic nitrogens is 3. The fourth-order valence-electron chi connectivity index (χ4n) is 4.08. The summed E-state index contributed by atoms with van der Waals surface area (Å²) in [5.41, 5.74) is 1.17. The number of ether oxygens (including phenoxy) is 1. The van der Waals surface area contributed by atoms with Gasteiger partial charge in [-0.25, -0.2) is 13.4 Å². The molecule has 2 atom stereocenters. The summed E-state index contributed by atoms with van der Waals surface area (Å²) in [6.07, 6.45) is 2.66. The number of pyridine rings is 1. The van der Waals surface area contributed by atoms with E-state index in [1.807, 2.05) is 30.3 Å². The molecule has 5 rings (SSSR count). The van der Waals surface area contributed by atoms with E-state index in [-0.39, 0.29) is 36.3 Å². The van der Waals surface area contributed by atoms with Crippen molar-refractivity contribution in [1.29, 1.82) is 0 Å². The van der Waals surface area contributed by atoms with E-state index in [9.17, 15) is 13.2 Å². The number of nitrogens with zero attached hydrogens (tertiary/aromatic N) is 5. The third-order valence-electron chi connectivity index (χ3n) is 5.59. The Kier molecular flexibility index (Phi) is 4.75. The van der Waals surface area contributed by atoms with Crippen LogP contribution in [-0.4, -0.2) is 63.5 Å². The average Bonchev–Trinajstić information content (AvgIpc) is 3.37. The van der Waals surface area contributed by atoms with Gasteiger partial charge in [-0.05, 0) is 23.8 Å². The Balaban J connectivity index is 1.53. The van der Waals surface area contributed by atoms with Crippen LogP contribution in [0.4, 0.5) is 0 Å². The molecule has 0 radical (unpaired) electrons. The van der Waals surface area contributed by atoms with Crippen LogP contribution in [0.1, 0.15) is 16.1 Å². The maximum Gasteiger partial charge on any atom is 0.274 e. The second-order valence-corrected chi connectivity index (χ2v) is 9.51. The molecule has 2 aromatic heterocycles. The summed E-state index contributed by atoms with van der Waals surface area (Å²) in [5.74, 6) is -0.184. The van der Waals surface area contributed by atoms with Crippen molar-refractivity contribution in [2.75, 3.05) is 13.1 Å². The zero-order chi connectivity index (χ0) is 21.6. The van der Waals surface area contributed by atoms with Crippen molar-refractivity contribution in [3.05, 3.63) is 72.2 Å². The van der Waals surface area contributed by atoms with Gasteiger partial charge in [0, 0.05) is 32.5 Å². The van der Waals surface area contributed by atoms with Crippen molar-refractivity contribution in [3.63, 3.8) is 0 Å². The zero-order valence-electron chi connectivity index (χ0n) is 16.8. The number of rotatable bonds is 3. The van der Waals surface area contributed by atoms with Crippen LogP contribution >= 0.6 is 0 Å². The first-order chi connectivity index (χ1) is 14.9. The molecular weight excluding hydrogens is 418 g/mol. The van der Waals surface area contributed by atoms with E-state index in [1.165, 1.54) is 16.6 Å². The lowest BCUT2D eigenvalue weighted by molar-refractivity contribution is 0.0763. The van der Waals surface area contributed by atoms with Gasteiger partial charge in [0.15, 0.2) is 0 Å². The lowest BCUT2D eigenvalue weighted by atomic mass is 10.1. The summed E-state index contributed by atoms with van der Waals surface area (Å²) in [4.78, 5) is 18.8. The van der Waals surface area contributed by atoms with Crippen LogP contribution in [0.5, 0.6) is 5.88 Å². The summed E-state index contributed by atoms with van der Waals surface area (Å²) in [7, 11) is -2.15. The van der Waals surface area contributed by atoms with Crippen molar-refractivity contribution < 1.29 is 17.9 Å². The number of hydrogen-bond donors (Lipinski definition) is 0. The molecule has 3 aromatic rings. The highest BCUT2D eigenvalue weighted by atomic mass is 32.2. The van der Waals surface area contributed by atoms with Gasteiger partial charge < -0.3 is 9.64 Å². The molecule has 0 spiro atoms. The van der Waals surface area contributed by atoms with E-state index < -0.39 is 22.2 Å². The summed E-state index contributed by atoms with van der Waals surface area (Å²) >= 11 is 0. The molecule has 4 heterocycles. The van der Waals surface area contributed by atoms with E-state index in [0.717, 1.165) is 5.56 Å². The number of carbonyl (C=O) groups is 1. The predicted molar refractivity (Wildman–Crippen MR) is 111 cm³/mol. The molecule has 1 amide bonds. The minimum absolute atomic E-state index is 0.0444. The van der Waals surface area contributed by atoms with E-state index in [4.69, 9.17) is 4.74 Å². The van der Waals surface area contributed by atoms with Gasteiger partial charge >= 0.3 is 0 Å². The molecule has 0 bridgehead atoms. The van der Waals surface area contributed by atoms with Gasteiger partial charge in [-0.1, -0.05) is 30.3 Å².